The summed E-state index contributed by atoms with van der Waals surface area (Å²) in [5.74, 6) is 0.681. The molecule has 1 N–H and O–H groups in total. The Labute approximate surface area is 111 Å². The number of aromatic amines is 1. The highest BCUT2D eigenvalue weighted by molar-refractivity contribution is 5.81. The maximum Gasteiger partial charge on any atom is 0.185 e. The summed E-state index contributed by atoms with van der Waals surface area (Å²) in [4.78, 5) is 8.92. The number of H-pyrrole nitrogens is 1. The fourth-order valence-corrected chi connectivity index (χ4v) is 2.10. The molecule has 0 aliphatic carbocycles. The van der Waals surface area contributed by atoms with Gasteiger partial charge in [-0.25, -0.2) is 9.97 Å². The zero-order valence-electron chi connectivity index (χ0n) is 10.9. The lowest BCUT2D eigenvalue weighted by Crippen LogP contribution is -1.92. The normalized spacial score (nSPS) is 11.5. The number of nitrogens with zero attached hydrogens (tertiary/aromatic N) is 3. The first kappa shape index (κ1) is 11.6. The molecule has 4 nitrogen and oxygen atoms in total. The van der Waals surface area contributed by atoms with Crippen molar-refractivity contribution in [2.75, 3.05) is 0 Å². The predicted molar refractivity (Wildman–Crippen MR) is 76.5 cm³/mol. The van der Waals surface area contributed by atoms with Crippen LogP contribution in [-0.4, -0.2) is 20.2 Å². The van der Waals surface area contributed by atoms with Crippen LogP contribution in [0.25, 0.3) is 23.2 Å². The molecule has 1 aromatic carbocycles. The maximum atomic E-state index is 4.49. The number of aryl methyl sites for hydroxylation is 2. The zero-order chi connectivity index (χ0) is 13.2. The van der Waals surface area contributed by atoms with Crippen LogP contribution in [0.4, 0.5) is 0 Å². The molecular formula is C15H14N4. The molecule has 3 rings (SSSR count). The second-order valence-corrected chi connectivity index (χ2v) is 4.46. The average molecular weight is 250 g/mol. The minimum Gasteiger partial charge on any atom is -0.280 e. The zero-order valence-corrected chi connectivity index (χ0v) is 10.9. The smallest absolute Gasteiger partial charge is 0.185 e. The molecule has 3 aromatic rings. The molecule has 4 heteroatoms. The third-order valence-corrected chi connectivity index (χ3v) is 3.02. The number of hydrogen-bond donors (Lipinski definition) is 1. The molecule has 19 heavy (non-hydrogen) atoms. The number of nitrogens with one attached hydrogen (secondary N) is 1. The van der Waals surface area contributed by atoms with Gasteiger partial charge >= 0.3 is 0 Å². The van der Waals surface area contributed by atoms with Gasteiger partial charge in [0.2, 0.25) is 0 Å². The monoisotopic (exact) mass is 250 g/mol. The Morgan fingerprint density at radius 3 is 2.58 bits per heavy atom. The molecule has 0 radical (unpaired) electrons. The number of aromatic nitrogens is 4. The van der Waals surface area contributed by atoms with Gasteiger partial charge in [-0.3, -0.25) is 5.10 Å². The summed E-state index contributed by atoms with van der Waals surface area (Å²) in [6.45, 7) is 3.96. The minimum atomic E-state index is 0.681. The third-order valence-electron chi connectivity index (χ3n) is 3.02. The molecule has 94 valence electrons. The summed E-state index contributed by atoms with van der Waals surface area (Å²) in [6, 6.07) is 10.1. The average Bonchev–Trinajstić information content (AvgIpc) is 2.80. The van der Waals surface area contributed by atoms with Gasteiger partial charge in [-0.05, 0) is 25.5 Å². The van der Waals surface area contributed by atoms with Gasteiger partial charge in [0.15, 0.2) is 11.5 Å². The van der Waals surface area contributed by atoms with E-state index in [1.807, 2.05) is 56.3 Å². The highest BCUT2D eigenvalue weighted by Gasteiger charge is 2.08. The van der Waals surface area contributed by atoms with Gasteiger partial charge in [0, 0.05) is 5.69 Å². The Kier molecular flexibility index (Phi) is 2.83. The van der Waals surface area contributed by atoms with Crippen LogP contribution in [0.1, 0.15) is 22.8 Å². The Bertz CT molecular complexity index is 741. The van der Waals surface area contributed by atoms with Gasteiger partial charge in [0.05, 0.1) is 11.1 Å². The Balaban J connectivity index is 2.00. The molecular weight excluding hydrogens is 236 g/mol. The van der Waals surface area contributed by atoms with Crippen LogP contribution >= 0.6 is 0 Å². The first-order chi connectivity index (χ1) is 9.24. The van der Waals surface area contributed by atoms with Crippen molar-refractivity contribution in [1.82, 2.24) is 20.2 Å². The fraction of sp³-hybridized carbons (Fsp3) is 0.133. The van der Waals surface area contributed by atoms with Crippen LogP contribution < -0.4 is 0 Å². The molecule has 0 spiro atoms. The summed E-state index contributed by atoms with van der Waals surface area (Å²) in [5, 5.41) is 8.14. The quantitative estimate of drug-likeness (QED) is 0.760. The van der Waals surface area contributed by atoms with Crippen molar-refractivity contribution in [3.63, 3.8) is 0 Å². The van der Waals surface area contributed by atoms with Crippen LogP contribution in [0.3, 0.4) is 0 Å². The van der Waals surface area contributed by atoms with E-state index in [4.69, 9.17) is 0 Å². The molecule has 0 aliphatic heterocycles. The van der Waals surface area contributed by atoms with E-state index in [2.05, 4.69) is 20.2 Å². The summed E-state index contributed by atoms with van der Waals surface area (Å²) in [5.41, 5.74) is 3.80. The number of rotatable bonds is 2. The van der Waals surface area contributed by atoms with Crippen LogP contribution in [0.2, 0.25) is 0 Å². The molecule has 2 heterocycles. The number of benzene rings is 1. The third kappa shape index (κ3) is 2.25. The summed E-state index contributed by atoms with van der Waals surface area (Å²) in [6.07, 6.45) is 3.91. The van der Waals surface area contributed by atoms with Crippen molar-refractivity contribution in [2.24, 2.45) is 0 Å². The standard InChI is InChI=1S/C15H14N4/c1-10-14-11(2)18-19-15(14)17-13(16-10)9-8-12-6-4-3-5-7-12/h3-9H,1-2H3,(H,16,17,18,19). The van der Waals surface area contributed by atoms with Gasteiger partial charge in [-0.2, -0.15) is 5.10 Å². The topological polar surface area (TPSA) is 54.5 Å². The largest absolute Gasteiger partial charge is 0.280 e. The molecule has 0 bridgehead atoms. The minimum absolute atomic E-state index is 0.681. The lowest BCUT2D eigenvalue weighted by molar-refractivity contribution is 1.05. The van der Waals surface area contributed by atoms with Crippen molar-refractivity contribution < 1.29 is 0 Å². The molecule has 0 saturated heterocycles. The highest BCUT2D eigenvalue weighted by atomic mass is 15.2. The first-order valence-electron chi connectivity index (χ1n) is 6.16. The van der Waals surface area contributed by atoms with Crippen molar-refractivity contribution >= 4 is 23.2 Å². The molecule has 0 amide bonds. The Hall–Kier alpha value is -2.49. The van der Waals surface area contributed by atoms with Crippen LogP contribution in [0.5, 0.6) is 0 Å². The SMILES string of the molecule is Cc1nc(C=Cc2ccccc2)nc2n[nH]c(C)c12. The van der Waals surface area contributed by atoms with Gasteiger partial charge in [0.1, 0.15) is 0 Å². The van der Waals surface area contributed by atoms with E-state index in [1.165, 1.54) is 0 Å². The maximum absolute atomic E-state index is 4.49. The van der Waals surface area contributed by atoms with E-state index in [1.54, 1.807) is 0 Å². The summed E-state index contributed by atoms with van der Waals surface area (Å²) in [7, 11) is 0. The summed E-state index contributed by atoms with van der Waals surface area (Å²) < 4.78 is 0. The molecule has 0 aliphatic rings. The van der Waals surface area contributed by atoms with Crippen molar-refractivity contribution in [3.05, 3.63) is 53.1 Å². The van der Waals surface area contributed by atoms with E-state index in [-0.39, 0.29) is 0 Å². The second kappa shape index (κ2) is 4.65. The Morgan fingerprint density at radius 1 is 1.00 bits per heavy atom. The number of hydrogen-bond acceptors (Lipinski definition) is 3. The van der Waals surface area contributed by atoms with Gasteiger partial charge in [-0.15, -0.1) is 0 Å². The van der Waals surface area contributed by atoms with Crippen LogP contribution in [-0.2, 0) is 0 Å². The van der Waals surface area contributed by atoms with Crippen LogP contribution in [0, 0.1) is 13.8 Å². The van der Waals surface area contributed by atoms with Crippen molar-refractivity contribution in [3.8, 4) is 0 Å². The van der Waals surface area contributed by atoms with E-state index in [0.29, 0.717) is 5.82 Å². The van der Waals surface area contributed by atoms with Gasteiger partial charge < -0.3 is 0 Å². The lowest BCUT2D eigenvalue weighted by atomic mass is 10.2. The summed E-state index contributed by atoms with van der Waals surface area (Å²) >= 11 is 0. The van der Waals surface area contributed by atoms with E-state index in [9.17, 15) is 0 Å². The first-order valence-corrected chi connectivity index (χ1v) is 6.16. The van der Waals surface area contributed by atoms with Gasteiger partial charge in [0.25, 0.3) is 0 Å². The highest BCUT2D eigenvalue weighted by Crippen LogP contribution is 2.17. The second-order valence-electron chi connectivity index (χ2n) is 4.46. The molecule has 0 fully saturated rings. The molecule has 0 unspecified atom stereocenters. The predicted octanol–water partition coefficient (Wildman–Crippen LogP) is 3.14. The fourth-order valence-electron chi connectivity index (χ4n) is 2.10. The van der Waals surface area contributed by atoms with E-state index < -0.39 is 0 Å². The van der Waals surface area contributed by atoms with Crippen molar-refractivity contribution in [1.29, 1.82) is 0 Å². The van der Waals surface area contributed by atoms with Crippen molar-refractivity contribution in [2.45, 2.75) is 13.8 Å². The van der Waals surface area contributed by atoms with E-state index in [0.717, 1.165) is 28.0 Å². The molecule has 2 aromatic heterocycles. The molecule has 0 saturated carbocycles. The lowest BCUT2D eigenvalue weighted by Gasteiger charge is -1.98. The Morgan fingerprint density at radius 2 is 1.79 bits per heavy atom. The van der Waals surface area contributed by atoms with E-state index >= 15 is 0 Å². The molecule has 0 atom stereocenters. The van der Waals surface area contributed by atoms with Crippen LogP contribution in [0.15, 0.2) is 30.3 Å². The van der Waals surface area contributed by atoms with Gasteiger partial charge in [-0.1, -0.05) is 36.4 Å². The number of fused-ring (bicyclic) bond motifs is 1.